The number of hydrogen-bond acceptors (Lipinski definition) is 3. The molecule has 1 aliphatic rings. The Kier molecular flexibility index (Phi) is 2.55. The van der Waals surface area contributed by atoms with Crippen molar-refractivity contribution in [1.29, 1.82) is 0 Å². The zero-order valence-corrected chi connectivity index (χ0v) is 9.94. The minimum absolute atomic E-state index is 0.121. The van der Waals surface area contributed by atoms with Crippen molar-refractivity contribution in [2.24, 2.45) is 0 Å². The van der Waals surface area contributed by atoms with Gasteiger partial charge in [-0.25, -0.2) is 9.18 Å². The predicted molar refractivity (Wildman–Crippen MR) is 65.9 cm³/mol. The second kappa shape index (κ2) is 4.12. The molecule has 0 atom stereocenters. The molecule has 5 heteroatoms. The van der Waals surface area contributed by atoms with Crippen molar-refractivity contribution < 1.29 is 19.1 Å². The molecule has 96 valence electrons. The summed E-state index contributed by atoms with van der Waals surface area (Å²) in [6.45, 7) is 0. The van der Waals surface area contributed by atoms with E-state index in [0.29, 0.717) is 30.5 Å². The van der Waals surface area contributed by atoms with Gasteiger partial charge in [0.2, 0.25) is 0 Å². The number of hydrogen-bond donors (Lipinski definition) is 1. The molecule has 19 heavy (non-hydrogen) atoms. The van der Waals surface area contributed by atoms with Crippen LogP contribution in [0.2, 0.25) is 0 Å². The van der Waals surface area contributed by atoms with Gasteiger partial charge >= 0.3 is 5.97 Å². The third kappa shape index (κ3) is 1.78. The zero-order chi connectivity index (χ0) is 13.6. The van der Waals surface area contributed by atoms with E-state index in [4.69, 9.17) is 0 Å². The maximum absolute atomic E-state index is 13.3. The molecular weight excluding hydrogens is 249 g/mol. The minimum atomic E-state index is -1.22. The molecule has 0 saturated heterocycles. The van der Waals surface area contributed by atoms with E-state index >= 15 is 0 Å². The molecule has 2 aromatic rings. The molecule has 0 radical (unpaired) electrons. The van der Waals surface area contributed by atoms with Crippen molar-refractivity contribution in [2.45, 2.75) is 19.3 Å². The monoisotopic (exact) mass is 259 g/mol. The van der Waals surface area contributed by atoms with Crippen LogP contribution >= 0.6 is 0 Å². The molecule has 1 N–H and O–H groups in total. The van der Waals surface area contributed by atoms with Gasteiger partial charge in [0.15, 0.2) is 5.78 Å². The van der Waals surface area contributed by atoms with E-state index in [1.807, 2.05) is 0 Å². The van der Waals surface area contributed by atoms with Crippen LogP contribution in [0.5, 0.6) is 0 Å². The van der Waals surface area contributed by atoms with E-state index in [2.05, 4.69) is 4.98 Å². The highest BCUT2D eigenvalue weighted by molar-refractivity contribution is 6.14. The first kappa shape index (κ1) is 11.8. The van der Waals surface area contributed by atoms with Crippen molar-refractivity contribution in [1.82, 2.24) is 4.98 Å². The molecule has 0 bridgehead atoms. The fourth-order valence-corrected chi connectivity index (χ4v) is 2.53. The molecule has 0 amide bonds. The van der Waals surface area contributed by atoms with Crippen molar-refractivity contribution in [3.8, 4) is 0 Å². The predicted octanol–water partition coefficient (Wildman–Crippen LogP) is 2.59. The maximum Gasteiger partial charge on any atom is 0.337 e. The summed E-state index contributed by atoms with van der Waals surface area (Å²) in [6.07, 6.45) is 1.56. The molecule has 0 aliphatic heterocycles. The van der Waals surface area contributed by atoms with Gasteiger partial charge in [0.25, 0.3) is 0 Å². The van der Waals surface area contributed by atoms with Crippen LogP contribution in [0.3, 0.4) is 0 Å². The number of carbonyl (C=O) groups is 2. The summed E-state index contributed by atoms with van der Waals surface area (Å²) in [6, 6.07) is 3.79. The highest BCUT2D eigenvalue weighted by Gasteiger charge is 2.27. The average molecular weight is 259 g/mol. The molecule has 4 nitrogen and oxygen atoms in total. The number of carbonyl (C=O) groups excluding carboxylic acids is 1. The Morgan fingerprint density at radius 1 is 1.32 bits per heavy atom. The smallest absolute Gasteiger partial charge is 0.337 e. The van der Waals surface area contributed by atoms with Crippen LogP contribution in [-0.2, 0) is 6.42 Å². The summed E-state index contributed by atoms with van der Waals surface area (Å²) >= 11 is 0. The normalized spacial score (nSPS) is 14.5. The second-order valence-electron chi connectivity index (χ2n) is 4.55. The molecule has 3 rings (SSSR count). The number of rotatable bonds is 1. The molecule has 1 aromatic heterocycles. The van der Waals surface area contributed by atoms with Crippen LogP contribution in [0.4, 0.5) is 4.39 Å². The number of benzene rings is 1. The van der Waals surface area contributed by atoms with Crippen molar-refractivity contribution in [3.05, 3.63) is 40.8 Å². The number of Topliss-reactive ketones (excluding diaryl/α,β-unsaturated/α-hetero) is 1. The van der Waals surface area contributed by atoms with Gasteiger partial charge in [-0.2, -0.15) is 0 Å². The first-order chi connectivity index (χ1) is 9.08. The quantitative estimate of drug-likeness (QED) is 0.854. The molecular formula is C14H10FNO3. The van der Waals surface area contributed by atoms with E-state index in [0.717, 1.165) is 6.07 Å². The van der Waals surface area contributed by atoms with Crippen LogP contribution in [0.1, 0.15) is 39.3 Å². The van der Waals surface area contributed by atoms with Gasteiger partial charge in [0.05, 0.1) is 22.3 Å². The minimum Gasteiger partial charge on any atom is -0.478 e. The number of nitrogens with zero attached hydrogens (tertiary/aromatic N) is 1. The lowest BCUT2D eigenvalue weighted by Crippen LogP contribution is -2.18. The number of ketones is 1. The van der Waals surface area contributed by atoms with Gasteiger partial charge in [-0.05, 0) is 31.0 Å². The van der Waals surface area contributed by atoms with Crippen molar-refractivity contribution in [2.75, 3.05) is 0 Å². The van der Waals surface area contributed by atoms with E-state index in [1.54, 1.807) is 0 Å². The third-order valence-electron chi connectivity index (χ3n) is 3.33. The number of aromatic carboxylic acids is 1. The zero-order valence-electron chi connectivity index (χ0n) is 9.94. The molecule has 0 saturated carbocycles. The highest BCUT2D eigenvalue weighted by atomic mass is 19.1. The summed E-state index contributed by atoms with van der Waals surface area (Å²) in [4.78, 5) is 27.7. The fraction of sp³-hybridized carbons (Fsp3) is 0.214. The maximum atomic E-state index is 13.3. The topological polar surface area (TPSA) is 67.3 Å². The summed E-state index contributed by atoms with van der Waals surface area (Å²) in [7, 11) is 0. The number of pyridine rings is 1. The number of aromatic nitrogens is 1. The highest BCUT2D eigenvalue weighted by Crippen LogP contribution is 2.29. The second-order valence-corrected chi connectivity index (χ2v) is 4.55. The van der Waals surface area contributed by atoms with Gasteiger partial charge in [-0.1, -0.05) is 0 Å². The molecule has 1 aliphatic carbocycles. The van der Waals surface area contributed by atoms with Crippen molar-refractivity contribution >= 4 is 22.7 Å². The van der Waals surface area contributed by atoms with Crippen LogP contribution in [-0.4, -0.2) is 21.8 Å². The summed E-state index contributed by atoms with van der Waals surface area (Å²) in [5, 5.41) is 9.53. The van der Waals surface area contributed by atoms with Crippen LogP contribution in [0.25, 0.3) is 10.9 Å². The van der Waals surface area contributed by atoms with E-state index < -0.39 is 11.8 Å². The Bertz CT molecular complexity index is 724. The van der Waals surface area contributed by atoms with Crippen LogP contribution in [0.15, 0.2) is 18.2 Å². The lowest BCUT2D eigenvalue weighted by Gasteiger charge is -2.17. The van der Waals surface area contributed by atoms with E-state index in [9.17, 15) is 19.1 Å². The molecule has 0 spiro atoms. The summed E-state index contributed by atoms with van der Waals surface area (Å²) in [5.74, 6) is -1.98. The van der Waals surface area contributed by atoms with Crippen molar-refractivity contribution in [3.63, 3.8) is 0 Å². The number of halogens is 1. The van der Waals surface area contributed by atoms with Crippen LogP contribution < -0.4 is 0 Å². The molecule has 1 heterocycles. The Morgan fingerprint density at radius 3 is 2.84 bits per heavy atom. The molecule has 0 unspecified atom stereocenters. The molecule has 1 aromatic carbocycles. The van der Waals surface area contributed by atoms with Gasteiger partial charge in [0.1, 0.15) is 5.82 Å². The first-order valence-electron chi connectivity index (χ1n) is 5.96. The lowest BCUT2D eigenvalue weighted by atomic mass is 9.89. The fourth-order valence-electron chi connectivity index (χ4n) is 2.53. The molecule has 0 fully saturated rings. The van der Waals surface area contributed by atoms with Gasteiger partial charge in [0, 0.05) is 11.8 Å². The van der Waals surface area contributed by atoms with Crippen LogP contribution in [0, 0.1) is 5.82 Å². The summed E-state index contributed by atoms with van der Waals surface area (Å²) < 4.78 is 13.3. The Morgan fingerprint density at radius 2 is 2.11 bits per heavy atom. The van der Waals surface area contributed by atoms with Gasteiger partial charge < -0.3 is 5.11 Å². The number of aryl methyl sites for hydroxylation is 1. The summed E-state index contributed by atoms with van der Waals surface area (Å²) in [5.41, 5.74) is 0.945. The first-order valence-corrected chi connectivity index (χ1v) is 5.96. The third-order valence-corrected chi connectivity index (χ3v) is 3.33. The van der Waals surface area contributed by atoms with Gasteiger partial charge in [-0.15, -0.1) is 0 Å². The lowest BCUT2D eigenvalue weighted by molar-refractivity contribution is 0.0693. The average Bonchev–Trinajstić information content (AvgIpc) is 2.36. The Hall–Kier alpha value is -2.30. The number of carboxylic acids is 1. The van der Waals surface area contributed by atoms with E-state index in [1.165, 1.54) is 12.1 Å². The Labute approximate surface area is 107 Å². The van der Waals surface area contributed by atoms with Gasteiger partial charge in [-0.3, -0.25) is 9.78 Å². The largest absolute Gasteiger partial charge is 0.478 e. The SMILES string of the molecule is O=C1CCCc2nc3ccc(F)cc3c(C(=O)O)c21. The standard InChI is InChI=1S/C14H10FNO3/c15-7-4-5-9-8(6-7)12(14(18)19)13-10(16-9)2-1-3-11(13)17/h4-6H,1-3H2,(H,18,19). The van der Waals surface area contributed by atoms with E-state index in [-0.39, 0.29) is 22.3 Å². The Balaban J connectivity index is 2.47. The number of fused-ring (bicyclic) bond motifs is 2. The number of carboxylic acid groups (broad SMARTS) is 1.